The van der Waals surface area contributed by atoms with Gasteiger partial charge in [-0.1, -0.05) is 48.5 Å². The fraction of sp³-hybridized carbons (Fsp3) is 0.185. The number of carbonyl (C=O) groups is 2. The molecule has 1 aliphatic heterocycles. The molecule has 2 N–H and O–H groups in total. The van der Waals surface area contributed by atoms with Crippen molar-refractivity contribution in [2.45, 2.75) is 32.4 Å². The van der Waals surface area contributed by atoms with Crippen LogP contribution in [0.2, 0.25) is 0 Å². The number of alkyl halides is 3. The lowest BCUT2D eigenvalue weighted by atomic mass is 10.1. The summed E-state index contributed by atoms with van der Waals surface area (Å²) in [5.74, 6) is -2.45. The smallest absolute Gasteiger partial charge is 0.475 e. The van der Waals surface area contributed by atoms with E-state index in [0.29, 0.717) is 31.7 Å². The number of aliphatic carboxylic acids is 1. The first kappa shape index (κ1) is 27.5. The number of carboxylic acid groups (broad SMARTS) is 1. The maximum absolute atomic E-state index is 13.3. The summed E-state index contributed by atoms with van der Waals surface area (Å²) in [5, 5.41) is 14.6. The largest absolute Gasteiger partial charge is 0.490 e. The van der Waals surface area contributed by atoms with Crippen molar-refractivity contribution in [2.75, 3.05) is 0 Å². The number of hydrogen-bond donors (Lipinski definition) is 2. The van der Waals surface area contributed by atoms with Crippen LogP contribution < -0.4 is 5.32 Å². The van der Waals surface area contributed by atoms with Crippen LogP contribution in [0.3, 0.4) is 0 Å². The summed E-state index contributed by atoms with van der Waals surface area (Å²) < 4.78 is 46.8. The number of rotatable bonds is 5. The lowest BCUT2D eigenvalue weighted by Crippen LogP contribution is -2.26. The average Bonchev–Trinajstić information content (AvgIpc) is 3.25. The zero-order valence-corrected chi connectivity index (χ0v) is 20.4. The summed E-state index contributed by atoms with van der Waals surface area (Å²) in [4.78, 5) is 28.7. The topological polar surface area (TPSA) is 100 Å². The first-order chi connectivity index (χ1) is 18.6. The zero-order valence-electron chi connectivity index (χ0n) is 20.4. The molecule has 1 amide bonds. The molecule has 0 saturated carbocycles. The summed E-state index contributed by atoms with van der Waals surface area (Å²) in [6.07, 6.45) is -1.75. The van der Waals surface area contributed by atoms with Gasteiger partial charge in [-0.15, -0.1) is 0 Å². The van der Waals surface area contributed by atoms with Gasteiger partial charge in [0, 0.05) is 37.9 Å². The minimum atomic E-state index is -5.08. The molecule has 0 radical (unpaired) electrons. The van der Waals surface area contributed by atoms with Gasteiger partial charge in [-0.05, 0) is 29.3 Å². The summed E-state index contributed by atoms with van der Waals surface area (Å²) >= 11 is 0. The molecule has 8 nitrogen and oxygen atoms in total. The van der Waals surface area contributed by atoms with Crippen LogP contribution in [-0.2, 0) is 31.0 Å². The molecule has 202 valence electrons. The highest BCUT2D eigenvalue weighted by molar-refractivity contribution is 5.95. The number of carboxylic acids is 1. The molecule has 0 bridgehead atoms. The normalized spacial score (nSPS) is 12.8. The molecule has 0 saturated heterocycles. The number of pyridine rings is 1. The van der Waals surface area contributed by atoms with E-state index in [0.717, 1.165) is 28.2 Å². The Labute approximate surface area is 220 Å². The summed E-state index contributed by atoms with van der Waals surface area (Å²) in [5.41, 5.74) is 4.37. The van der Waals surface area contributed by atoms with E-state index in [1.54, 1.807) is 29.2 Å². The fourth-order valence-electron chi connectivity index (χ4n) is 3.98. The van der Waals surface area contributed by atoms with Gasteiger partial charge in [-0.2, -0.15) is 18.3 Å². The molecule has 0 unspecified atom stereocenters. The van der Waals surface area contributed by atoms with Crippen LogP contribution in [-0.4, -0.2) is 42.8 Å². The van der Waals surface area contributed by atoms with Crippen LogP contribution in [0.4, 0.5) is 17.6 Å². The molecule has 39 heavy (non-hydrogen) atoms. The summed E-state index contributed by atoms with van der Waals surface area (Å²) in [6.45, 7) is 2.22. The standard InChI is InChI=1S/C25H22FN5O.C2HF3O2/c26-21-10-8-19(9-11-21)15-30-16-20-7-4-12-27-24(20)31-23(17-30)22(14-29-31)25(32)28-13-18-5-2-1-3-6-18;3-2(4,5)1(6)7/h1-12,14H,13,15-17H2,(H,28,32);(H,6,7). The van der Waals surface area contributed by atoms with Crippen LogP contribution in [0.25, 0.3) is 5.82 Å². The Morgan fingerprint density at radius 3 is 2.31 bits per heavy atom. The second kappa shape index (κ2) is 11.9. The molecule has 5 rings (SSSR count). The first-order valence-corrected chi connectivity index (χ1v) is 11.7. The molecular weight excluding hydrogens is 518 g/mol. The Hall–Kier alpha value is -4.58. The molecule has 2 aromatic heterocycles. The van der Waals surface area contributed by atoms with E-state index >= 15 is 0 Å². The number of fused-ring (bicyclic) bond motifs is 3. The van der Waals surface area contributed by atoms with Gasteiger partial charge in [0.25, 0.3) is 5.91 Å². The Morgan fingerprint density at radius 1 is 0.949 bits per heavy atom. The molecule has 12 heteroatoms. The number of carbonyl (C=O) groups excluding carboxylic acids is 1. The molecule has 3 heterocycles. The third-order valence-electron chi connectivity index (χ3n) is 5.81. The van der Waals surface area contributed by atoms with Crippen molar-refractivity contribution < 1.29 is 32.3 Å². The average molecular weight is 542 g/mol. The summed E-state index contributed by atoms with van der Waals surface area (Å²) in [6, 6.07) is 20.2. The highest BCUT2D eigenvalue weighted by atomic mass is 19.4. The van der Waals surface area contributed by atoms with Crippen molar-refractivity contribution in [2.24, 2.45) is 0 Å². The Kier molecular flexibility index (Phi) is 8.35. The third-order valence-corrected chi connectivity index (χ3v) is 5.81. The van der Waals surface area contributed by atoms with Crippen molar-refractivity contribution in [3.8, 4) is 5.82 Å². The molecular formula is C27H23F4N5O3. The van der Waals surface area contributed by atoms with E-state index in [1.165, 1.54) is 12.1 Å². The molecule has 0 fully saturated rings. The van der Waals surface area contributed by atoms with E-state index in [4.69, 9.17) is 9.90 Å². The predicted molar refractivity (Wildman–Crippen MR) is 132 cm³/mol. The van der Waals surface area contributed by atoms with E-state index in [1.807, 2.05) is 42.5 Å². The van der Waals surface area contributed by atoms with Gasteiger partial charge < -0.3 is 10.4 Å². The second-order valence-electron chi connectivity index (χ2n) is 8.65. The van der Waals surface area contributed by atoms with Crippen LogP contribution >= 0.6 is 0 Å². The SMILES string of the molecule is O=C(NCc1ccccc1)c1cnn2c1CN(Cc1ccc(F)cc1)Cc1cccnc1-2.O=C(O)C(F)(F)F. The van der Waals surface area contributed by atoms with Crippen molar-refractivity contribution in [1.82, 2.24) is 25.0 Å². The Morgan fingerprint density at radius 2 is 1.64 bits per heavy atom. The molecule has 0 spiro atoms. The molecule has 0 aliphatic carbocycles. The minimum Gasteiger partial charge on any atom is -0.475 e. The van der Waals surface area contributed by atoms with Crippen molar-refractivity contribution >= 4 is 11.9 Å². The Bertz CT molecular complexity index is 1440. The van der Waals surface area contributed by atoms with Gasteiger partial charge >= 0.3 is 12.1 Å². The van der Waals surface area contributed by atoms with Gasteiger partial charge in [-0.3, -0.25) is 9.69 Å². The minimum absolute atomic E-state index is 0.170. The van der Waals surface area contributed by atoms with E-state index < -0.39 is 12.1 Å². The highest BCUT2D eigenvalue weighted by Gasteiger charge is 2.38. The van der Waals surface area contributed by atoms with Gasteiger partial charge in [-0.25, -0.2) is 18.9 Å². The zero-order chi connectivity index (χ0) is 28.0. The third kappa shape index (κ3) is 7.05. The van der Waals surface area contributed by atoms with Gasteiger partial charge in [0.1, 0.15) is 5.82 Å². The quantitative estimate of drug-likeness (QED) is 0.362. The van der Waals surface area contributed by atoms with E-state index in [9.17, 15) is 22.4 Å². The van der Waals surface area contributed by atoms with Gasteiger partial charge in [0.15, 0.2) is 5.82 Å². The number of hydrogen-bond acceptors (Lipinski definition) is 5. The van der Waals surface area contributed by atoms with Crippen molar-refractivity contribution in [1.29, 1.82) is 0 Å². The summed E-state index contributed by atoms with van der Waals surface area (Å²) in [7, 11) is 0. The van der Waals surface area contributed by atoms with Crippen molar-refractivity contribution in [3.63, 3.8) is 0 Å². The number of aromatic nitrogens is 3. The highest BCUT2D eigenvalue weighted by Crippen LogP contribution is 2.26. The lowest BCUT2D eigenvalue weighted by molar-refractivity contribution is -0.192. The Balaban J connectivity index is 0.000000448. The predicted octanol–water partition coefficient (Wildman–Crippen LogP) is 4.49. The van der Waals surface area contributed by atoms with Crippen molar-refractivity contribution in [3.05, 3.63) is 113 Å². The number of nitrogens with zero attached hydrogens (tertiary/aromatic N) is 4. The van der Waals surface area contributed by atoms with Crippen LogP contribution in [0.15, 0.2) is 79.1 Å². The second-order valence-corrected chi connectivity index (χ2v) is 8.65. The maximum atomic E-state index is 13.3. The fourth-order valence-corrected chi connectivity index (χ4v) is 3.98. The monoisotopic (exact) mass is 541 g/mol. The first-order valence-electron chi connectivity index (χ1n) is 11.7. The number of amides is 1. The van der Waals surface area contributed by atoms with E-state index in [2.05, 4.69) is 20.3 Å². The van der Waals surface area contributed by atoms with Gasteiger partial charge in [0.2, 0.25) is 0 Å². The molecule has 4 aromatic rings. The number of nitrogens with one attached hydrogen (secondary N) is 1. The molecule has 0 atom stereocenters. The maximum Gasteiger partial charge on any atom is 0.490 e. The molecule has 1 aliphatic rings. The van der Waals surface area contributed by atoms with Crippen LogP contribution in [0.5, 0.6) is 0 Å². The van der Waals surface area contributed by atoms with Crippen LogP contribution in [0, 0.1) is 5.82 Å². The van der Waals surface area contributed by atoms with E-state index in [-0.39, 0.29) is 11.7 Å². The lowest BCUT2D eigenvalue weighted by Gasteiger charge is -2.20. The molecule has 2 aromatic carbocycles. The number of halogens is 4. The number of benzene rings is 2. The van der Waals surface area contributed by atoms with Crippen LogP contribution in [0.1, 0.15) is 32.7 Å². The van der Waals surface area contributed by atoms with Gasteiger partial charge in [0.05, 0.1) is 17.5 Å².